The van der Waals surface area contributed by atoms with Crippen LogP contribution in [0.3, 0.4) is 0 Å². The number of benzene rings is 1. The van der Waals surface area contributed by atoms with Gasteiger partial charge in [0.2, 0.25) is 5.89 Å². The molecule has 0 aliphatic heterocycles. The lowest BCUT2D eigenvalue weighted by atomic mass is 10.2. The summed E-state index contributed by atoms with van der Waals surface area (Å²) < 4.78 is 18.1. The van der Waals surface area contributed by atoms with Crippen LogP contribution < -0.4 is 5.32 Å². The van der Waals surface area contributed by atoms with Crippen molar-refractivity contribution in [1.29, 1.82) is 0 Å². The predicted octanol–water partition coefficient (Wildman–Crippen LogP) is 2.64. The maximum Gasteiger partial charge on any atom is 0.276 e. The van der Waals surface area contributed by atoms with Crippen molar-refractivity contribution in [3.05, 3.63) is 41.5 Å². The Hall–Kier alpha value is -1.89. The van der Waals surface area contributed by atoms with Crippen molar-refractivity contribution in [2.24, 2.45) is 0 Å². The van der Waals surface area contributed by atoms with Gasteiger partial charge in [0.25, 0.3) is 11.1 Å². The smallest absolute Gasteiger partial charge is 0.276 e. The number of nitrogens with zero attached hydrogens (tertiary/aromatic N) is 2. The number of halogens is 1. The molecular formula is C13H14FN3O2S. The number of hydrogen-bond donors (Lipinski definition) is 1. The molecular weight excluding hydrogens is 281 g/mol. The van der Waals surface area contributed by atoms with Crippen LogP contribution in [-0.2, 0) is 6.54 Å². The fraction of sp³-hybridized carbons (Fsp3) is 0.308. The Balaban J connectivity index is 1.86. The quantitative estimate of drug-likeness (QED) is 0.830. The largest absolute Gasteiger partial charge is 0.414 e. The molecule has 0 aliphatic rings. The highest BCUT2D eigenvalue weighted by Crippen LogP contribution is 2.16. The van der Waals surface area contributed by atoms with Gasteiger partial charge in [-0.25, -0.2) is 4.39 Å². The van der Waals surface area contributed by atoms with Gasteiger partial charge in [0.15, 0.2) is 0 Å². The van der Waals surface area contributed by atoms with Crippen LogP contribution in [0.5, 0.6) is 0 Å². The van der Waals surface area contributed by atoms with Crippen molar-refractivity contribution in [2.75, 3.05) is 5.75 Å². The van der Waals surface area contributed by atoms with E-state index in [1.807, 2.05) is 0 Å². The first-order chi connectivity index (χ1) is 9.69. The molecule has 0 fully saturated rings. The number of amides is 1. The van der Waals surface area contributed by atoms with E-state index in [2.05, 4.69) is 22.4 Å². The standard InChI is InChI=1S/C13H14FN3O2S/c1-2-7-20-13-17-16-11(19-13)8-15-12(18)9-3-5-10(14)6-4-9/h3-6H,2,7-8H2,1H3,(H,15,18). The van der Waals surface area contributed by atoms with Crippen molar-refractivity contribution in [3.63, 3.8) is 0 Å². The normalized spacial score (nSPS) is 10.5. The van der Waals surface area contributed by atoms with E-state index in [0.717, 1.165) is 12.2 Å². The summed E-state index contributed by atoms with van der Waals surface area (Å²) >= 11 is 1.48. The van der Waals surface area contributed by atoms with Crippen LogP contribution in [0.2, 0.25) is 0 Å². The van der Waals surface area contributed by atoms with Gasteiger partial charge in [0.1, 0.15) is 5.82 Å². The van der Waals surface area contributed by atoms with Gasteiger partial charge in [-0.05, 0) is 30.7 Å². The van der Waals surface area contributed by atoms with E-state index in [9.17, 15) is 9.18 Å². The number of hydrogen-bond acceptors (Lipinski definition) is 5. The Labute approximate surface area is 120 Å². The zero-order valence-corrected chi connectivity index (χ0v) is 11.7. The fourth-order valence-electron chi connectivity index (χ4n) is 1.42. The van der Waals surface area contributed by atoms with E-state index < -0.39 is 0 Å². The average molecular weight is 295 g/mol. The minimum Gasteiger partial charge on any atom is -0.414 e. The maximum absolute atomic E-state index is 12.7. The molecule has 106 valence electrons. The molecule has 7 heteroatoms. The second-order valence-electron chi connectivity index (χ2n) is 4.00. The van der Waals surface area contributed by atoms with Crippen LogP contribution in [0.25, 0.3) is 0 Å². The lowest BCUT2D eigenvalue weighted by Crippen LogP contribution is -2.22. The highest BCUT2D eigenvalue weighted by molar-refractivity contribution is 7.99. The molecule has 0 aliphatic carbocycles. The number of nitrogens with one attached hydrogen (secondary N) is 1. The van der Waals surface area contributed by atoms with Crippen molar-refractivity contribution < 1.29 is 13.6 Å². The summed E-state index contributed by atoms with van der Waals surface area (Å²) in [6.45, 7) is 2.21. The average Bonchev–Trinajstić information content (AvgIpc) is 2.91. The minimum absolute atomic E-state index is 0.149. The van der Waals surface area contributed by atoms with Gasteiger partial charge in [-0.1, -0.05) is 18.7 Å². The van der Waals surface area contributed by atoms with Crippen LogP contribution in [0.4, 0.5) is 4.39 Å². The molecule has 1 aromatic heterocycles. The fourth-order valence-corrected chi connectivity index (χ4v) is 2.05. The van der Waals surface area contributed by atoms with Crippen molar-refractivity contribution in [3.8, 4) is 0 Å². The molecule has 0 spiro atoms. The van der Waals surface area contributed by atoms with Gasteiger partial charge < -0.3 is 9.73 Å². The topological polar surface area (TPSA) is 68.0 Å². The van der Waals surface area contributed by atoms with Crippen molar-refractivity contribution >= 4 is 17.7 Å². The Morgan fingerprint density at radius 2 is 2.10 bits per heavy atom. The third-order valence-corrected chi connectivity index (χ3v) is 3.41. The molecule has 20 heavy (non-hydrogen) atoms. The van der Waals surface area contributed by atoms with E-state index in [0.29, 0.717) is 16.7 Å². The highest BCUT2D eigenvalue weighted by Gasteiger charge is 2.09. The first kappa shape index (κ1) is 14.5. The van der Waals surface area contributed by atoms with Crippen LogP contribution in [0.15, 0.2) is 33.9 Å². The molecule has 2 rings (SSSR count). The molecule has 1 N–H and O–H groups in total. The summed E-state index contributed by atoms with van der Waals surface area (Å²) in [5.74, 6) is 0.560. The van der Waals surface area contributed by atoms with E-state index >= 15 is 0 Å². The Bertz CT molecular complexity index is 571. The molecule has 1 heterocycles. The molecule has 1 amide bonds. The first-order valence-electron chi connectivity index (χ1n) is 6.18. The van der Waals surface area contributed by atoms with Gasteiger partial charge in [0.05, 0.1) is 6.54 Å². The molecule has 1 aromatic carbocycles. The SMILES string of the molecule is CCCSc1nnc(CNC(=O)c2ccc(F)cc2)o1. The molecule has 0 bridgehead atoms. The lowest BCUT2D eigenvalue weighted by molar-refractivity contribution is 0.0946. The summed E-state index contributed by atoms with van der Waals surface area (Å²) in [7, 11) is 0. The summed E-state index contributed by atoms with van der Waals surface area (Å²) in [6.07, 6.45) is 1.02. The van der Waals surface area contributed by atoms with E-state index in [1.54, 1.807) is 0 Å². The molecule has 2 aromatic rings. The highest BCUT2D eigenvalue weighted by atomic mass is 32.2. The second kappa shape index (κ2) is 7.04. The Morgan fingerprint density at radius 3 is 2.80 bits per heavy atom. The van der Waals surface area contributed by atoms with Gasteiger partial charge in [-0.3, -0.25) is 4.79 Å². The first-order valence-corrected chi connectivity index (χ1v) is 7.16. The summed E-state index contributed by atoms with van der Waals surface area (Å²) in [5, 5.41) is 10.8. The Morgan fingerprint density at radius 1 is 1.35 bits per heavy atom. The van der Waals surface area contributed by atoms with Crippen molar-refractivity contribution in [2.45, 2.75) is 25.1 Å². The predicted molar refractivity (Wildman–Crippen MR) is 72.9 cm³/mol. The summed E-state index contributed by atoms with van der Waals surface area (Å²) in [5.41, 5.74) is 0.381. The molecule has 0 saturated heterocycles. The summed E-state index contributed by atoms with van der Waals surface area (Å²) in [4.78, 5) is 11.8. The van der Waals surface area contributed by atoms with Crippen molar-refractivity contribution in [1.82, 2.24) is 15.5 Å². The van der Waals surface area contributed by atoms with E-state index in [-0.39, 0.29) is 18.3 Å². The maximum atomic E-state index is 12.7. The number of carbonyl (C=O) groups is 1. The lowest BCUT2D eigenvalue weighted by Gasteiger charge is -2.02. The molecule has 0 radical (unpaired) electrons. The Kier molecular flexibility index (Phi) is 5.11. The van der Waals surface area contributed by atoms with E-state index in [1.165, 1.54) is 36.0 Å². The monoisotopic (exact) mass is 295 g/mol. The van der Waals surface area contributed by atoms with Crippen LogP contribution in [0.1, 0.15) is 29.6 Å². The van der Waals surface area contributed by atoms with E-state index in [4.69, 9.17) is 4.42 Å². The van der Waals surface area contributed by atoms with Gasteiger partial charge in [-0.2, -0.15) is 0 Å². The zero-order valence-electron chi connectivity index (χ0n) is 10.9. The number of rotatable bonds is 6. The van der Waals surface area contributed by atoms with Gasteiger partial charge in [0, 0.05) is 11.3 Å². The van der Waals surface area contributed by atoms with Gasteiger partial charge in [-0.15, -0.1) is 10.2 Å². The molecule has 0 unspecified atom stereocenters. The minimum atomic E-state index is -0.379. The van der Waals surface area contributed by atoms with Crippen LogP contribution in [0, 0.1) is 5.82 Å². The number of thioether (sulfide) groups is 1. The molecule has 0 saturated carbocycles. The van der Waals surface area contributed by atoms with Crippen LogP contribution in [-0.4, -0.2) is 21.9 Å². The second-order valence-corrected chi connectivity index (χ2v) is 5.05. The third kappa shape index (κ3) is 4.06. The molecule has 5 nitrogen and oxygen atoms in total. The molecule has 0 atom stereocenters. The number of carbonyl (C=O) groups excluding carboxylic acids is 1. The zero-order chi connectivity index (χ0) is 14.4. The summed E-state index contributed by atoms with van der Waals surface area (Å²) in [6, 6.07) is 5.31. The van der Waals surface area contributed by atoms with Crippen LogP contribution >= 0.6 is 11.8 Å². The third-order valence-electron chi connectivity index (χ3n) is 2.38. The van der Waals surface area contributed by atoms with Gasteiger partial charge >= 0.3 is 0 Å². The number of aromatic nitrogens is 2.